The summed E-state index contributed by atoms with van der Waals surface area (Å²) in [6.45, 7) is 10.4. The quantitative estimate of drug-likeness (QED) is 0.373. The normalized spacial score (nSPS) is 11.6. The summed E-state index contributed by atoms with van der Waals surface area (Å²) in [4.78, 5) is 4.61. The highest BCUT2D eigenvalue weighted by molar-refractivity contribution is 5.79. The van der Waals surface area contributed by atoms with E-state index in [0.717, 1.165) is 31.3 Å². The van der Waals surface area contributed by atoms with Gasteiger partial charge < -0.3 is 20.7 Å². The number of nitrogens with one attached hydrogen (secondary N) is 3. The number of methoxy groups -OCH3 is 1. The molecule has 0 aliphatic carbocycles. The first kappa shape index (κ1) is 18.3. The zero-order valence-electron chi connectivity index (χ0n) is 14.3. The number of hydrogen-bond acceptors (Lipinski definition) is 3. The summed E-state index contributed by atoms with van der Waals surface area (Å²) in [5.41, 5.74) is 2.30. The summed E-state index contributed by atoms with van der Waals surface area (Å²) in [7, 11) is 1.71. The van der Waals surface area contributed by atoms with Gasteiger partial charge in [-0.15, -0.1) is 0 Å². The first-order valence-electron chi connectivity index (χ1n) is 7.99. The SMILES string of the molecule is CCNC(=NCc1ccc(NCCOC)cc1)NCC(C)C. The molecule has 1 aromatic carbocycles. The molecule has 0 aliphatic rings. The monoisotopic (exact) mass is 306 g/mol. The first-order valence-corrected chi connectivity index (χ1v) is 7.99. The number of aliphatic imine (C=N–C) groups is 1. The van der Waals surface area contributed by atoms with Gasteiger partial charge in [0.1, 0.15) is 0 Å². The average Bonchev–Trinajstić information content (AvgIpc) is 2.51. The van der Waals surface area contributed by atoms with Crippen LogP contribution < -0.4 is 16.0 Å². The van der Waals surface area contributed by atoms with Gasteiger partial charge in [0.2, 0.25) is 0 Å². The Bertz CT molecular complexity index is 429. The fourth-order valence-electron chi connectivity index (χ4n) is 1.84. The zero-order valence-corrected chi connectivity index (χ0v) is 14.3. The van der Waals surface area contributed by atoms with Crippen LogP contribution in [0.3, 0.4) is 0 Å². The van der Waals surface area contributed by atoms with Gasteiger partial charge in [0.25, 0.3) is 0 Å². The first-order chi connectivity index (χ1) is 10.7. The van der Waals surface area contributed by atoms with Crippen molar-refractivity contribution in [1.82, 2.24) is 10.6 Å². The van der Waals surface area contributed by atoms with Crippen molar-refractivity contribution in [2.45, 2.75) is 27.3 Å². The number of hydrogen-bond donors (Lipinski definition) is 3. The smallest absolute Gasteiger partial charge is 0.191 e. The molecule has 0 radical (unpaired) electrons. The van der Waals surface area contributed by atoms with Gasteiger partial charge in [-0.2, -0.15) is 0 Å². The molecule has 5 heteroatoms. The molecule has 124 valence electrons. The van der Waals surface area contributed by atoms with E-state index < -0.39 is 0 Å². The van der Waals surface area contributed by atoms with Crippen LogP contribution >= 0.6 is 0 Å². The predicted molar refractivity (Wildman–Crippen MR) is 94.5 cm³/mol. The topological polar surface area (TPSA) is 57.7 Å². The minimum atomic E-state index is 0.598. The molecule has 0 atom stereocenters. The van der Waals surface area contributed by atoms with Gasteiger partial charge in [-0.3, -0.25) is 0 Å². The van der Waals surface area contributed by atoms with Crippen LogP contribution in [0.25, 0.3) is 0 Å². The number of benzene rings is 1. The molecule has 22 heavy (non-hydrogen) atoms. The van der Waals surface area contributed by atoms with E-state index in [1.807, 2.05) is 0 Å². The van der Waals surface area contributed by atoms with Crippen LogP contribution in [0, 0.1) is 5.92 Å². The lowest BCUT2D eigenvalue weighted by molar-refractivity contribution is 0.211. The summed E-state index contributed by atoms with van der Waals surface area (Å²) in [5.74, 6) is 1.47. The summed E-state index contributed by atoms with van der Waals surface area (Å²) in [5, 5.41) is 9.92. The number of anilines is 1. The summed E-state index contributed by atoms with van der Waals surface area (Å²) in [6.07, 6.45) is 0. The largest absolute Gasteiger partial charge is 0.383 e. The summed E-state index contributed by atoms with van der Waals surface area (Å²) < 4.78 is 5.02. The number of guanidine groups is 1. The highest BCUT2D eigenvalue weighted by Gasteiger charge is 1.99. The minimum absolute atomic E-state index is 0.598. The van der Waals surface area contributed by atoms with Gasteiger partial charge in [-0.05, 0) is 30.5 Å². The molecule has 0 unspecified atom stereocenters. The molecular weight excluding hydrogens is 276 g/mol. The number of nitrogens with zero attached hydrogens (tertiary/aromatic N) is 1. The van der Waals surface area contributed by atoms with Crippen molar-refractivity contribution >= 4 is 11.6 Å². The van der Waals surface area contributed by atoms with Crippen molar-refractivity contribution in [1.29, 1.82) is 0 Å². The van der Waals surface area contributed by atoms with Crippen molar-refractivity contribution in [3.05, 3.63) is 29.8 Å². The van der Waals surface area contributed by atoms with Crippen LogP contribution in [-0.4, -0.2) is 39.3 Å². The van der Waals surface area contributed by atoms with Crippen molar-refractivity contribution in [2.24, 2.45) is 10.9 Å². The molecule has 5 nitrogen and oxygen atoms in total. The second kappa shape index (κ2) is 10.9. The molecule has 0 bridgehead atoms. The second-order valence-corrected chi connectivity index (χ2v) is 5.59. The van der Waals surface area contributed by atoms with Gasteiger partial charge in [0.15, 0.2) is 5.96 Å². The van der Waals surface area contributed by atoms with Crippen LogP contribution in [0.5, 0.6) is 0 Å². The van der Waals surface area contributed by atoms with E-state index in [1.165, 1.54) is 5.56 Å². The molecule has 0 saturated carbocycles. The Morgan fingerprint density at radius 3 is 2.50 bits per heavy atom. The van der Waals surface area contributed by atoms with Crippen LogP contribution in [0.4, 0.5) is 5.69 Å². The van der Waals surface area contributed by atoms with E-state index in [1.54, 1.807) is 7.11 Å². The molecule has 3 N–H and O–H groups in total. The molecule has 1 aromatic rings. The summed E-state index contributed by atoms with van der Waals surface area (Å²) >= 11 is 0. The Hall–Kier alpha value is -1.75. The third-order valence-corrected chi connectivity index (χ3v) is 3.03. The molecule has 0 heterocycles. The van der Waals surface area contributed by atoms with Gasteiger partial charge >= 0.3 is 0 Å². The van der Waals surface area contributed by atoms with Crippen LogP contribution in [0.15, 0.2) is 29.3 Å². The second-order valence-electron chi connectivity index (χ2n) is 5.59. The average molecular weight is 306 g/mol. The third-order valence-electron chi connectivity index (χ3n) is 3.03. The van der Waals surface area contributed by atoms with E-state index in [9.17, 15) is 0 Å². The maximum absolute atomic E-state index is 5.02. The van der Waals surface area contributed by atoms with Crippen molar-refractivity contribution in [3.8, 4) is 0 Å². The number of rotatable bonds is 9. The fourth-order valence-corrected chi connectivity index (χ4v) is 1.84. The van der Waals surface area contributed by atoms with Crippen LogP contribution in [-0.2, 0) is 11.3 Å². The van der Waals surface area contributed by atoms with Crippen molar-refractivity contribution in [3.63, 3.8) is 0 Å². The van der Waals surface area contributed by atoms with Gasteiger partial charge in [0, 0.05) is 32.4 Å². The van der Waals surface area contributed by atoms with Gasteiger partial charge in [-0.25, -0.2) is 4.99 Å². The van der Waals surface area contributed by atoms with Crippen LogP contribution in [0.2, 0.25) is 0 Å². The highest BCUT2D eigenvalue weighted by Crippen LogP contribution is 2.10. The molecule has 0 aromatic heterocycles. The lowest BCUT2D eigenvalue weighted by atomic mass is 10.2. The maximum atomic E-state index is 5.02. The Kier molecular flexibility index (Phi) is 9.07. The lowest BCUT2D eigenvalue weighted by Gasteiger charge is -2.13. The van der Waals surface area contributed by atoms with Gasteiger partial charge in [-0.1, -0.05) is 26.0 Å². The third kappa shape index (κ3) is 7.88. The lowest BCUT2D eigenvalue weighted by Crippen LogP contribution is -2.39. The Balaban J connectivity index is 2.50. The molecule has 0 spiro atoms. The maximum Gasteiger partial charge on any atom is 0.191 e. The molecular formula is C17H30N4O. The van der Waals surface area contributed by atoms with E-state index >= 15 is 0 Å². The molecule has 0 aliphatic heterocycles. The summed E-state index contributed by atoms with van der Waals surface area (Å²) in [6, 6.07) is 8.36. The minimum Gasteiger partial charge on any atom is -0.383 e. The van der Waals surface area contributed by atoms with E-state index in [4.69, 9.17) is 4.74 Å². The van der Waals surface area contributed by atoms with E-state index in [0.29, 0.717) is 19.1 Å². The fraction of sp³-hybridized carbons (Fsp3) is 0.588. The molecule has 1 rings (SSSR count). The number of ether oxygens (including phenoxy) is 1. The predicted octanol–water partition coefficient (Wildman–Crippen LogP) is 2.46. The molecule has 0 saturated heterocycles. The Morgan fingerprint density at radius 2 is 1.91 bits per heavy atom. The Morgan fingerprint density at radius 1 is 1.18 bits per heavy atom. The van der Waals surface area contributed by atoms with E-state index in [-0.39, 0.29) is 0 Å². The van der Waals surface area contributed by atoms with E-state index in [2.05, 4.69) is 66.0 Å². The van der Waals surface area contributed by atoms with Crippen molar-refractivity contribution < 1.29 is 4.74 Å². The standard InChI is InChI=1S/C17H30N4O/c1-5-18-17(20-12-14(2)3)21-13-15-6-8-16(9-7-15)19-10-11-22-4/h6-9,14,19H,5,10-13H2,1-4H3,(H2,18,20,21). The Labute approximate surface area is 134 Å². The molecule has 0 amide bonds. The van der Waals surface area contributed by atoms with Crippen molar-refractivity contribution in [2.75, 3.05) is 38.7 Å². The highest BCUT2D eigenvalue weighted by atomic mass is 16.5. The van der Waals surface area contributed by atoms with Gasteiger partial charge in [0.05, 0.1) is 13.2 Å². The van der Waals surface area contributed by atoms with Crippen LogP contribution in [0.1, 0.15) is 26.3 Å². The molecule has 0 fully saturated rings. The zero-order chi connectivity index (χ0) is 16.2.